The third-order valence-electron chi connectivity index (χ3n) is 2.89. The highest BCUT2D eigenvalue weighted by Gasteiger charge is 2.03. The highest BCUT2D eigenvalue weighted by molar-refractivity contribution is 7.11. The fourth-order valence-corrected chi connectivity index (χ4v) is 2.68. The van der Waals surface area contributed by atoms with Gasteiger partial charge in [-0.1, -0.05) is 30.3 Å². The topological polar surface area (TPSA) is 27.6 Å². The van der Waals surface area contributed by atoms with Crippen LogP contribution in [0.25, 0.3) is 0 Å². The number of aryl methyl sites for hydroxylation is 1. The lowest BCUT2D eigenvalue weighted by atomic mass is 10.2. The highest BCUT2D eigenvalue weighted by atomic mass is 32.1. The molecule has 0 unspecified atom stereocenters. The Kier molecular flexibility index (Phi) is 5.18. The van der Waals surface area contributed by atoms with E-state index < -0.39 is 0 Å². The van der Waals surface area contributed by atoms with Crippen molar-refractivity contribution in [2.75, 3.05) is 14.1 Å². The molecule has 1 N–H and O–H groups in total. The number of hydrogen-bond acceptors (Lipinski definition) is 2. The van der Waals surface area contributed by atoms with E-state index in [0.29, 0.717) is 6.54 Å². The second-order valence-electron chi connectivity index (χ2n) is 4.89. The first-order chi connectivity index (χ1) is 9.65. The van der Waals surface area contributed by atoms with Crippen LogP contribution in [-0.4, -0.2) is 25.0 Å². The van der Waals surface area contributed by atoms with E-state index in [9.17, 15) is 0 Å². The van der Waals surface area contributed by atoms with Crippen molar-refractivity contribution in [1.82, 2.24) is 10.2 Å². The molecule has 1 aromatic carbocycles. The molecule has 1 aromatic heterocycles. The minimum Gasteiger partial charge on any atom is -0.351 e. The quantitative estimate of drug-likeness (QED) is 0.690. The number of rotatable bonds is 4. The summed E-state index contributed by atoms with van der Waals surface area (Å²) in [7, 11) is 4.02. The normalized spacial score (nSPS) is 11.4. The number of aliphatic imine (C=N–C) groups is 1. The Morgan fingerprint density at radius 1 is 1.15 bits per heavy atom. The van der Waals surface area contributed by atoms with Gasteiger partial charge in [0.15, 0.2) is 5.96 Å². The summed E-state index contributed by atoms with van der Waals surface area (Å²) in [4.78, 5) is 9.34. The van der Waals surface area contributed by atoms with Gasteiger partial charge in [0.2, 0.25) is 0 Å². The summed E-state index contributed by atoms with van der Waals surface area (Å²) >= 11 is 1.82. The van der Waals surface area contributed by atoms with Crippen molar-refractivity contribution < 1.29 is 0 Å². The largest absolute Gasteiger partial charge is 0.351 e. The lowest BCUT2D eigenvalue weighted by molar-refractivity contribution is 0.579. The molecule has 0 atom stereocenters. The molecule has 20 heavy (non-hydrogen) atoms. The lowest BCUT2D eigenvalue weighted by Gasteiger charge is -2.17. The monoisotopic (exact) mass is 287 g/mol. The first-order valence-electron chi connectivity index (χ1n) is 6.70. The Morgan fingerprint density at radius 2 is 1.90 bits per heavy atom. The van der Waals surface area contributed by atoms with E-state index in [0.717, 1.165) is 12.5 Å². The highest BCUT2D eigenvalue weighted by Crippen LogP contribution is 2.14. The molecule has 0 aliphatic carbocycles. The predicted octanol–water partition coefficient (Wildman–Crippen LogP) is 3.26. The van der Waals surface area contributed by atoms with E-state index in [-0.39, 0.29) is 0 Å². The fourth-order valence-electron chi connectivity index (χ4n) is 1.85. The first kappa shape index (κ1) is 14.6. The maximum atomic E-state index is 4.65. The van der Waals surface area contributed by atoms with Gasteiger partial charge in [0.25, 0.3) is 0 Å². The van der Waals surface area contributed by atoms with Crippen molar-refractivity contribution in [2.45, 2.75) is 20.0 Å². The molecule has 106 valence electrons. The molecular weight excluding hydrogens is 266 g/mol. The number of hydrogen-bond donors (Lipinski definition) is 1. The van der Waals surface area contributed by atoms with Crippen LogP contribution in [-0.2, 0) is 13.1 Å². The molecular formula is C16H21N3S. The number of nitrogens with zero attached hydrogens (tertiary/aromatic N) is 2. The van der Waals surface area contributed by atoms with Crippen molar-refractivity contribution >= 4 is 17.3 Å². The van der Waals surface area contributed by atoms with E-state index in [1.165, 1.54) is 15.3 Å². The van der Waals surface area contributed by atoms with E-state index in [1.54, 1.807) is 0 Å². The summed E-state index contributed by atoms with van der Waals surface area (Å²) in [6, 6.07) is 14.6. The molecule has 0 fully saturated rings. The van der Waals surface area contributed by atoms with Crippen LogP contribution in [0.3, 0.4) is 0 Å². The summed E-state index contributed by atoms with van der Waals surface area (Å²) in [5.41, 5.74) is 1.22. The zero-order valence-electron chi connectivity index (χ0n) is 12.3. The second kappa shape index (κ2) is 7.10. The molecule has 2 aromatic rings. The molecule has 0 saturated heterocycles. The van der Waals surface area contributed by atoms with E-state index in [1.807, 2.05) is 48.5 Å². The van der Waals surface area contributed by atoms with Gasteiger partial charge in [-0.2, -0.15) is 0 Å². The van der Waals surface area contributed by atoms with Gasteiger partial charge in [-0.05, 0) is 24.6 Å². The average molecular weight is 287 g/mol. The van der Waals surface area contributed by atoms with Crippen molar-refractivity contribution in [3.63, 3.8) is 0 Å². The SMILES string of the molecule is Cc1ccc(CNC(=NCc2ccccc2)N(C)C)s1. The summed E-state index contributed by atoms with van der Waals surface area (Å²) < 4.78 is 0. The van der Waals surface area contributed by atoms with Gasteiger partial charge in [0, 0.05) is 23.8 Å². The number of benzene rings is 1. The van der Waals surface area contributed by atoms with Gasteiger partial charge in [0.05, 0.1) is 13.1 Å². The molecule has 0 aliphatic rings. The summed E-state index contributed by atoms with van der Waals surface area (Å²) in [6.45, 7) is 3.65. The van der Waals surface area contributed by atoms with E-state index in [2.05, 4.69) is 41.5 Å². The second-order valence-corrected chi connectivity index (χ2v) is 6.26. The summed E-state index contributed by atoms with van der Waals surface area (Å²) in [5.74, 6) is 0.917. The first-order valence-corrected chi connectivity index (χ1v) is 7.51. The van der Waals surface area contributed by atoms with Gasteiger partial charge in [0.1, 0.15) is 0 Å². The van der Waals surface area contributed by atoms with Crippen LogP contribution in [0.5, 0.6) is 0 Å². The fraction of sp³-hybridized carbons (Fsp3) is 0.312. The molecule has 3 nitrogen and oxygen atoms in total. The van der Waals surface area contributed by atoms with Crippen LogP contribution in [0.4, 0.5) is 0 Å². The molecule has 1 heterocycles. The Labute approximate surface area is 125 Å². The van der Waals surface area contributed by atoms with Crippen LogP contribution in [0, 0.1) is 6.92 Å². The molecule has 0 spiro atoms. The lowest BCUT2D eigenvalue weighted by Crippen LogP contribution is -2.35. The third-order valence-corrected chi connectivity index (χ3v) is 3.90. The smallest absolute Gasteiger partial charge is 0.194 e. The minimum atomic E-state index is 0.699. The third kappa shape index (κ3) is 4.38. The van der Waals surface area contributed by atoms with Crippen molar-refractivity contribution in [1.29, 1.82) is 0 Å². The van der Waals surface area contributed by atoms with Crippen molar-refractivity contribution in [2.24, 2.45) is 4.99 Å². The molecule has 2 rings (SSSR count). The molecule has 0 bridgehead atoms. The van der Waals surface area contributed by atoms with E-state index in [4.69, 9.17) is 0 Å². The van der Waals surface area contributed by atoms with Crippen LogP contribution in [0.15, 0.2) is 47.5 Å². The minimum absolute atomic E-state index is 0.699. The summed E-state index contributed by atoms with van der Waals surface area (Å²) in [5, 5.41) is 3.41. The van der Waals surface area contributed by atoms with E-state index >= 15 is 0 Å². The number of guanidine groups is 1. The zero-order valence-corrected chi connectivity index (χ0v) is 13.1. The van der Waals surface area contributed by atoms with Crippen LogP contribution in [0.1, 0.15) is 15.3 Å². The van der Waals surface area contributed by atoms with Crippen LogP contribution >= 0.6 is 11.3 Å². The summed E-state index contributed by atoms with van der Waals surface area (Å²) in [6.07, 6.45) is 0. The Bertz CT molecular complexity index is 558. The molecule has 0 saturated carbocycles. The van der Waals surface area contributed by atoms with Gasteiger partial charge in [-0.15, -0.1) is 11.3 Å². The van der Waals surface area contributed by atoms with Gasteiger partial charge >= 0.3 is 0 Å². The van der Waals surface area contributed by atoms with Gasteiger partial charge in [-0.25, -0.2) is 4.99 Å². The maximum Gasteiger partial charge on any atom is 0.194 e. The Hall–Kier alpha value is -1.81. The maximum absolute atomic E-state index is 4.65. The Balaban J connectivity index is 1.96. The average Bonchev–Trinajstić information content (AvgIpc) is 2.85. The standard InChI is InChI=1S/C16H21N3S/c1-13-9-10-15(20-13)12-18-16(19(2)3)17-11-14-7-5-4-6-8-14/h4-10H,11-12H2,1-3H3,(H,17,18). The zero-order chi connectivity index (χ0) is 14.4. The number of nitrogens with one attached hydrogen (secondary N) is 1. The predicted molar refractivity (Wildman–Crippen MR) is 87.2 cm³/mol. The van der Waals surface area contributed by atoms with Crippen molar-refractivity contribution in [3.8, 4) is 0 Å². The molecule has 0 radical (unpaired) electrons. The Morgan fingerprint density at radius 3 is 2.50 bits per heavy atom. The number of thiophene rings is 1. The van der Waals surface area contributed by atoms with Crippen LogP contribution < -0.4 is 5.32 Å². The van der Waals surface area contributed by atoms with Gasteiger partial charge in [-0.3, -0.25) is 0 Å². The van der Waals surface area contributed by atoms with Gasteiger partial charge < -0.3 is 10.2 Å². The van der Waals surface area contributed by atoms with Crippen molar-refractivity contribution in [3.05, 3.63) is 57.8 Å². The molecule has 0 aliphatic heterocycles. The van der Waals surface area contributed by atoms with Crippen LogP contribution in [0.2, 0.25) is 0 Å². The molecule has 0 amide bonds. The molecule has 4 heteroatoms.